The predicted octanol–water partition coefficient (Wildman–Crippen LogP) is 5.88. The molecule has 0 saturated carbocycles. The average molecular weight is 529 g/mol. The molecule has 1 amide bonds. The van der Waals surface area contributed by atoms with Gasteiger partial charge < -0.3 is 14.8 Å². The number of halogens is 1. The third kappa shape index (κ3) is 6.00. The van der Waals surface area contributed by atoms with Crippen molar-refractivity contribution in [1.29, 1.82) is 0 Å². The number of sulfonamides is 1. The summed E-state index contributed by atoms with van der Waals surface area (Å²) in [4.78, 5) is 13.4. The van der Waals surface area contributed by atoms with E-state index in [4.69, 9.17) is 21.1 Å². The van der Waals surface area contributed by atoms with Gasteiger partial charge in [0, 0.05) is 18.1 Å². The zero-order chi connectivity index (χ0) is 25.7. The number of rotatable bonds is 8. The molecule has 0 aliphatic carbocycles. The molecule has 190 valence electrons. The third-order valence-corrected chi connectivity index (χ3v) is 8.11. The fraction of sp³-hybridized carbons (Fsp3) is 0.296. The largest absolute Gasteiger partial charge is 0.494 e. The van der Waals surface area contributed by atoms with Crippen LogP contribution in [0.15, 0.2) is 71.6 Å². The van der Waals surface area contributed by atoms with Gasteiger partial charge in [-0.05, 0) is 80.8 Å². The Morgan fingerprint density at radius 2 is 1.83 bits per heavy atom. The molecule has 0 unspecified atom stereocenters. The summed E-state index contributed by atoms with van der Waals surface area (Å²) in [6.45, 7) is 4.65. The van der Waals surface area contributed by atoms with Crippen LogP contribution in [-0.2, 0) is 14.8 Å². The molecular weight excluding hydrogens is 500 g/mol. The highest BCUT2D eigenvalue weighted by atomic mass is 35.5. The molecule has 1 aliphatic rings. The van der Waals surface area contributed by atoms with Gasteiger partial charge in [-0.1, -0.05) is 29.8 Å². The lowest BCUT2D eigenvalue weighted by Crippen LogP contribution is -2.43. The van der Waals surface area contributed by atoms with Gasteiger partial charge >= 0.3 is 0 Å². The number of benzene rings is 3. The Labute approximate surface area is 217 Å². The fourth-order valence-electron chi connectivity index (χ4n) is 4.16. The smallest absolute Gasteiger partial charge is 0.243 e. The first-order valence-electron chi connectivity index (χ1n) is 11.8. The predicted molar refractivity (Wildman–Crippen MR) is 140 cm³/mol. The van der Waals surface area contributed by atoms with Crippen LogP contribution in [0.1, 0.15) is 25.3 Å². The van der Waals surface area contributed by atoms with Crippen molar-refractivity contribution in [3.8, 4) is 17.2 Å². The van der Waals surface area contributed by atoms with Gasteiger partial charge in [0.15, 0.2) is 5.75 Å². The minimum Gasteiger partial charge on any atom is -0.494 e. The maximum absolute atomic E-state index is 13.4. The van der Waals surface area contributed by atoms with E-state index >= 15 is 0 Å². The van der Waals surface area contributed by atoms with Crippen LogP contribution < -0.4 is 14.8 Å². The summed E-state index contributed by atoms with van der Waals surface area (Å²) in [5.41, 5.74) is 1.18. The zero-order valence-electron chi connectivity index (χ0n) is 20.2. The standard InChI is InChI=1S/C27H29ClN2O5S/c1-3-34-25-14-12-23(16-19(25)2)36(32,33)30-15-7-8-20(18-30)27(31)29-24-17-21(28)11-13-26(24)35-22-9-5-4-6-10-22/h4-6,9-14,16-17,20H,3,7-8,15,18H2,1-2H3,(H,29,31)/t20-/m1/s1. The maximum Gasteiger partial charge on any atom is 0.243 e. The molecule has 0 bridgehead atoms. The second-order valence-electron chi connectivity index (χ2n) is 8.61. The molecule has 1 saturated heterocycles. The third-order valence-electron chi connectivity index (χ3n) is 6.01. The molecule has 1 heterocycles. The summed E-state index contributed by atoms with van der Waals surface area (Å²) < 4.78 is 39.6. The number of carbonyl (C=O) groups is 1. The summed E-state index contributed by atoms with van der Waals surface area (Å²) in [6, 6.07) is 19.1. The van der Waals surface area contributed by atoms with Crippen LogP contribution in [0.25, 0.3) is 0 Å². The van der Waals surface area contributed by atoms with E-state index in [0.717, 1.165) is 5.56 Å². The van der Waals surface area contributed by atoms with E-state index in [0.29, 0.717) is 54.0 Å². The first kappa shape index (κ1) is 26.0. The van der Waals surface area contributed by atoms with E-state index in [2.05, 4.69) is 5.32 Å². The summed E-state index contributed by atoms with van der Waals surface area (Å²) in [5, 5.41) is 3.35. The van der Waals surface area contributed by atoms with Crippen LogP contribution in [-0.4, -0.2) is 38.3 Å². The van der Waals surface area contributed by atoms with Gasteiger partial charge in [-0.15, -0.1) is 0 Å². The van der Waals surface area contributed by atoms with Crippen LogP contribution in [0.3, 0.4) is 0 Å². The monoisotopic (exact) mass is 528 g/mol. The van der Waals surface area contributed by atoms with Crippen molar-refractivity contribution < 1.29 is 22.7 Å². The van der Waals surface area contributed by atoms with Gasteiger partial charge in [0.2, 0.25) is 15.9 Å². The Kier molecular flexibility index (Phi) is 8.18. The molecule has 7 nitrogen and oxygen atoms in total. The van der Waals surface area contributed by atoms with Gasteiger partial charge in [-0.3, -0.25) is 4.79 Å². The van der Waals surface area contributed by atoms with Gasteiger partial charge in [-0.25, -0.2) is 8.42 Å². The lowest BCUT2D eigenvalue weighted by molar-refractivity contribution is -0.120. The van der Waals surface area contributed by atoms with E-state index in [1.807, 2.05) is 44.2 Å². The molecule has 1 aliphatic heterocycles. The number of amides is 1. The molecule has 0 radical (unpaired) electrons. The Bertz CT molecular complexity index is 1330. The van der Waals surface area contributed by atoms with Crippen molar-refractivity contribution in [2.24, 2.45) is 5.92 Å². The number of hydrogen-bond acceptors (Lipinski definition) is 5. The van der Waals surface area contributed by atoms with E-state index in [1.165, 1.54) is 4.31 Å². The number of aryl methyl sites for hydroxylation is 1. The Hall–Kier alpha value is -3.07. The number of carbonyl (C=O) groups excluding carboxylic acids is 1. The normalized spacial score (nSPS) is 16.4. The quantitative estimate of drug-likeness (QED) is 0.394. The summed E-state index contributed by atoms with van der Waals surface area (Å²) in [6.07, 6.45) is 1.16. The molecule has 9 heteroatoms. The van der Waals surface area contributed by atoms with E-state index in [1.54, 1.807) is 36.4 Å². The van der Waals surface area contributed by atoms with Crippen molar-refractivity contribution in [1.82, 2.24) is 4.31 Å². The van der Waals surface area contributed by atoms with E-state index in [-0.39, 0.29) is 17.3 Å². The molecule has 1 atom stereocenters. The number of para-hydroxylation sites is 1. The number of piperidine rings is 1. The molecular formula is C27H29ClN2O5S. The number of nitrogens with one attached hydrogen (secondary N) is 1. The minimum atomic E-state index is -3.76. The SMILES string of the molecule is CCOc1ccc(S(=O)(=O)N2CCC[C@@H](C(=O)Nc3cc(Cl)ccc3Oc3ccccc3)C2)cc1C. The number of ether oxygens (including phenoxy) is 2. The second-order valence-corrected chi connectivity index (χ2v) is 11.0. The highest BCUT2D eigenvalue weighted by molar-refractivity contribution is 7.89. The first-order valence-corrected chi connectivity index (χ1v) is 13.7. The first-order chi connectivity index (χ1) is 17.3. The lowest BCUT2D eigenvalue weighted by atomic mass is 9.98. The number of anilines is 1. The molecule has 3 aromatic rings. The van der Waals surface area contributed by atoms with Crippen LogP contribution in [0.2, 0.25) is 5.02 Å². The molecule has 0 aromatic heterocycles. The summed E-state index contributed by atoms with van der Waals surface area (Å²) in [7, 11) is -3.76. The van der Waals surface area contributed by atoms with Crippen molar-refractivity contribution in [3.05, 3.63) is 77.3 Å². The highest BCUT2D eigenvalue weighted by Crippen LogP contribution is 2.33. The highest BCUT2D eigenvalue weighted by Gasteiger charge is 2.34. The lowest BCUT2D eigenvalue weighted by Gasteiger charge is -2.31. The van der Waals surface area contributed by atoms with E-state index < -0.39 is 15.9 Å². The van der Waals surface area contributed by atoms with E-state index in [9.17, 15) is 13.2 Å². The maximum atomic E-state index is 13.4. The Morgan fingerprint density at radius 1 is 1.08 bits per heavy atom. The number of hydrogen-bond donors (Lipinski definition) is 1. The Balaban J connectivity index is 1.49. The zero-order valence-corrected chi connectivity index (χ0v) is 21.8. The van der Waals surface area contributed by atoms with Crippen molar-refractivity contribution >= 4 is 33.2 Å². The fourth-order valence-corrected chi connectivity index (χ4v) is 5.94. The molecule has 1 fully saturated rings. The average Bonchev–Trinajstić information content (AvgIpc) is 2.87. The van der Waals surface area contributed by atoms with Gasteiger partial charge in [0.05, 0.1) is 23.1 Å². The van der Waals surface area contributed by atoms with Crippen molar-refractivity contribution in [3.63, 3.8) is 0 Å². The molecule has 0 spiro atoms. The van der Waals surface area contributed by atoms with Crippen LogP contribution in [0.4, 0.5) is 5.69 Å². The topological polar surface area (TPSA) is 84.9 Å². The van der Waals surface area contributed by atoms with Crippen molar-refractivity contribution in [2.45, 2.75) is 31.6 Å². The summed E-state index contributed by atoms with van der Waals surface area (Å²) in [5.74, 6) is 0.932. The van der Waals surface area contributed by atoms with Crippen LogP contribution in [0, 0.1) is 12.8 Å². The molecule has 1 N–H and O–H groups in total. The van der Waals surface area contributed by atoms with Crippen molar-refractivity contribution in [2.75, 3.05) is 25.0 Å². The van der Waals surface area contributed by atoms with Crippen LogP contribution in [0.5, 0.6) is 17.2 Å². The molecule has 36 heavy (non-hydrogen) atoms. The van der Waals surface area contributed by atoms with Gasteiger partial charge in [0.25, 0.3) is 0 Å². The van der Waals surface area contributed by atoms with Gasteiger partial charge in [0.1, 0.15) is 11.5 Å². The van der Waals surface area contributed by atoms with Gasteiger partial charge in [-0.2, -0.15) is 4.31 Å². The Morgan fingerprint density at radius 3 is 2.56 bits per heavy atom. The minimum absolute atomic E-state index is 0.0931. The second kappa shape index (κ2) is 11.3. The number of nitrogens with zero attached hydrogens (tertiary/aromatic N) is 1. The summed E-state index contributed by atoms with van der Waals surface area (Å²) >= 11 is 6.18. The molecule has 4 rings (SSSR count). The van der Waals surface area contributed by atoms with Crippen LogP contribution >= 0.6 is 11.6 Å². The molecule has 3 aromatic carbocycles.